The van der Waals surface area contributed by atoms with Gasteiger partial charge in [0.25, 0.3) is 0 Å². The zero-order valence-electron chi connectivity index (χ0n) is 12.8. The summed E-state index contributed by atoms with van der Waals surface area (Å²) < 4.78 is 2.10. The maximum atomic E-state index is 5.84. The van der Waals surface area contributed by atoms with Gasteiger partial charge in [0.15, 0.2) is 0 Å². The minimum atomic E-state index is 0.270. The second-order valence-electron chi connectivity index (χ2n) is 5.78. The Kier molecular flexibility index (Phi) is 4.08. The maximum absolute atomic E-state index is 5.84. The number of benzene rings is 1. The van der Waals surface area contributed by atoms with Gasteiger partial charge in [0.1, 0.15) is 0 Å². The largest absolute Gasteiger partial charge is 0.271 e. The number of nitrogens with two attached hydrogens (primary N) is 1. The van der Waals surface area contributed by atoms with Crippen molar-refractivity contribution in [1.82, 2.24) is 15.2 Å². The number of fused-ring (bicyclic) bond motifs is 1. The number of nitrogens with one attached hydrogen (secondary N) is 1. The maximum Gasteiger partial charge on any atom is 0.0624 e. The normalized spacial score (nSPS) is 18.1. The highest BCUT2D eigenvalue weighted by Gasteiger charge is 2.32. The SMILES string of the molecule is CCc1cc(CC(NN)C2Cc3ccccc32)n(CC)n1. The highest BCUT2D eigenvalue weighted by molar-refractivity contribution is 5.41. The quantitative estimate of drug-likeness (QED) is 0.631. The Hall–Kier alpha value is -1.65. The molecule has 3 rings (SSSR count). The third-order valence-electron chi connectivity index (χ3n) is 4.60. The molecule has 1 aliphatic carbocycles. The van der Waals surface area contributed by atoms with Crippen LogP contribution >= 0.6 is 0 Å². The van der Waals surface area contributed by atoms with Crippen LogP contribution in [0.25, 0.3) is 0 Å². The lowest BCUT2D eigenvalue weighted by atomic mass is 9.72. The highest BCUT2D eigenvalue weighted by Crippen LogP contribution is 2.38. The molecule has 2 atom stereocenters. The van der Waals surface area contributed by atoms with Crippen LogP contribution in [-0.4, -0.2) is 15.8 Å². The molecule has 0 amide bonds. The molecule has 0 fully saturated rings. The predicted octanol–water partition coefficient (Wildman–Crippen LogP) is 2.18. The molecule has 0 saturated heterocycles. The molecule has 0 saturated carbocycles. The van der Waals surface area contributed by atoms with Gasteiger partial charge in [-0.25, -0.2) is 0 Å². The predicted molar refractivity (Wildman–Crippen MR) is 85.0 cm³/mol. The lowest BCUT2D eigenvalue weighted by molar-refractivity contribution is 0.394. The van der Waals surface area contributed by atoms with Crippen LogP contribution in [0.2, 0.25) is 0 Å². The number of aromatic nitrogens is 2. The summed E-state index contributed by atoms with van der Waals surface area (Å²) in [5, 5.41) is 4.63. The molecule has 2 unspecified atom stereocenters. The third-order valence-corrected chi connectivity index (χ3v) is 4.60. The zero-order valence-corrected chi connectivity index (χ0v) is 12.8. The first-order chi connectivity index (χ1) is 10.3. The number of aryl methyl sites for hydroxylation is 2. The van der Waals surface area contributed by atoms with E-state index in [0.29, 0.717) is 5.92 Å². The van der Waals surface area contributed by atoms with Crippen molar-refractivity contribution in [3.8, 4) is 0 Å². The van der Waals surface area contributed by atoms with Crippen molar-refractivity contribution < 1.29 is 0 Å². The molecule has 2 aromatic rings. The van der Waals surface area contributed by atoms with Gasteiger partial charge in [-0.15, -0.1) is 0 Å². The van der Waals surface area contributed by atoms with Crippen molar-refractivity contribution in [3.05, 3.63) is 52.8 Å². The smallest absolute Gasteiger partial charge is 0.0624 e. The summed E-state index contributed by atoms with van der Waals surface area (Å²) in [6.07, 6.45) is 3.02. The Morgan fingerprint density at radius 1 is 1.38 bits per heavy atom. The van der Waals surface area contributed by atoms with Crippen LogP contribution in [0.3, 0.4) is 0 Å². The summed E-state index contributed by atoms with van der Waals surface area (Å²) in [4.78, 5) is 0. The standard InChI is InChI=1S/C17H24N4/c1-3-13-10-14(21(4-2)20-13)11-17(19-18)16-9-12-7-5-6-8-15(12)16/h5-8,10,16-17,19H,3-4,9,11,18H2,1-2H3. The Bertz CT molecular complexity index is 617. The molecule has 1 aromatic heterocycles. The van der Waals surface area contributed by atoms with Gasteiger partial charge in [-0.05, 0) is 37.0 Å². The van der Waals surface area contributed by atoms with E-state index in [1.54, 1.807) is 0 Å². The molecule has 1 heterocycles. The molecule has 112 valence electrons. The van der Waals surface area contributed by atoms with Crippen molar-refractivity contribution in [2.75, 3.05) is 0 Å². The topological polar surface area (TPSA) is 55.9 Å². The van der Waals surface area contributed by atoms with Crippen molar-refractivity contribution in [1.29, 1.82) is 0 Å². The molecule has 4 heteroatoms. The zero-order chi connectivity index (χ0) is 14.8. The van der Waals surface area contributed by atoms with Gasteiger partial charge in [0, 0.05) is 30.6 Å². The van der Waals surface area contributed by atoms with Crippen LogP contribution in [0, 0.1) is 0 Å². The Labute approximate surface area is 126 Å². The van der Waals surface area contributed by atoms with Crippen molar-refractivity contribution in [3.63, 3.8) is 0 Å². The van der Waals surface area contributed by atoms with Gasteiger partial charge in [0.2, 0.25) is 0 Å². The van der Waals surface area contributed by atoms with E-state index in [0.717, 1.165) is 31.5 Å². The lowest BCUT2D eigenvalue weighted by Crippen LogP contribution is -2.45. The van der Waals surface area contributed by atoms with Crippen molar-refractivity contribution >= 4 is 0 Å². The summed E-state index contributed by atoms with van der Waals surface area (Å²) in [5.41, 5.74) is 8.38. The van der Waals surface area contributed by atoms with Gasteiger partial charge in [-0.2, -0.15) is 5.10 Å². The summed E-state index contributed by atoms with van der Waals surface area (Å²) in [7, 11) is 0. The number of hydrogen-bond donors (Lipinski definition) is 2. The van der Waals surface area contributed by atoms with E-state index in [9.17, 15) is 0 Å². The van der Waals surface area contributed by atoms with E-state index >= 15 is 0 Å². The molecule has 4 nitrogen and oxygen atoms in total. The van der Waals surface area contributed by atoms with E-state index in [1.807, 2.05) is 0 Å². The van der Waals surface area contributed by atoms with Gasteiger partial charge in [-0.1, -0.05) is 31.2 Å². The first-order valence-electron chi connectivity index (χ1n) is 7.86. The lowest BCUT2D eigenvalue weighted by Gasteiger charge is -2.36. The molecular weight excluding hydrogens is 260 g/mol. The van der Waals surface area contributed by atoms with Gasteiger partial charge in [-0.3, -0.25) is 16.0 Å². The molecule has 0 aliphatic heterocycles. The Morgan fingerprint density at radius 3 is 2.86 bits per heavy atom. The van der Waals surface area contributed by atoms with E-state index in [1.165, 1.54) is 16.8 Å². The van der Waals surface area contributed by atoms with Gasteiger partial charge >= 0.3 is 0 Å². The average Bonchev–Trinajstić information content (AvgIpc) is 2.89. The number of nitrogens with zero attached hydrogens (tertiary/aromatic N) is 2. The van der Waals surface area contributed by atoms with Crippen molar-refractivity contribution in [2.45, 2.75) is 51.6 Å². The minimum Gasteiger partial charge on any atom is -0.271 e. The molecular formula is C17H24N4. The molecule has 1 aromatic carbocycles. The third kappa shape index (κ3) is 2.61. The molecule has 0 spiro atoms. The molecule has 21 heavy (non-hydrogen) atoms. The molecule has 0 bridgehead atoms. The molecule has 1 aliphatic rings. The van der Waals surface area contributed by atoms with Crippen LogP contribution in [0.1, 0.15) is 42.3 Å². The summed E-state index contributed by atoms with van der Waals surface area (Å²) >= 11 is 0. The minimum absolute atomic E-state index is 0.270. The van der Waals surface area contributed by atoms with E-state index in [-0.39, 0.29) is 6.04 Å². The van der Waals surface area contributed by atoms with Crippen LogP contribution < -0.4 is 11.3 Å². The van der Waals surface area contributed by atoms with Crippen molar-refractivity contribution in [2.24, 2.45) is 5.84 Å². The van der Waals surface area contributed by atoms with Crippen LogP contribution in [0.15, 0.2) is 30.3 Å². The first-order valence-corrected chi connectivity index (χ1v) is 7.86. The summed E-state index contributed by atoms with van der Waals surface area (Å²) in [6.45, 7) is 5.19. The molecule has 3 N–H and O–H groups in total. The highest BCUT2D eigenvalue weighted by atomic mass is 15.3. The van der Waals surface area contributed by atoms with E-state index in [4.69, 9.17) is 5.84 Å². The van der Waals surface area contributed by atoms with E-state index in [2.05, 4.69) is 59.4 Å². The number of rotatable bonds is 6. The van der Waals surface area contributed by atoms with E-state index < -0.39 is 0 Å². The second kappa shape index (κ2) is 6.00. The second-order valence-corrected chi connectivity index (χ2v) is 5.78. The summed E-state index contributed by atoms with van der Waals surface area (Å²) in [5.74, 6) is 6.35. The Morgan fingerprint density at radius 2 is 2.19 bits per heavy atom. The fourth-order valence-electron chi connectivity index (χ4n) is 3.33. The first kappa shape index (κ1) is 14.3. The average molecular weight is 284 g/mol. The fraction of sp³-hybridized carbons (Fsp3) is 0.471. The fourth-order valence-corrected chi connectivity index (χ4v) is 3.33. The van der Waals surface area contributed by atoms with Gasteiger partial charge < -0.3 is 0 Å². The Balaban J connectivity index is 1.78. The monoisotopic (exact) mass is 284 g/mol. The van der Waals surface area contributed by atoms with Crippen LogP contribution in [-0.2, 0) is 25.8 Å². The molecule has 0 radical (unpaired) electrons. The summed E-state index contributed by atoms with van der Waals surface area (Å²) in [6, 6.07) is 11.2. The number of hydrogen-bond acceptors (Lipinski definition) is 3. The van der Waals surface area contributed by atoms with Crippen LogP contribution in [0.4, 0.5) is 0 Å². The van der Waals surface area contributed by atoms with Gasteiger partial charge in [0.05, 0.1) is 5.69 Å². The number of hydrazine groups is 1. The van der Waals surface area contributed by atoms with Crippen LogP contribution in [0.5, 0.6) is 0 Å².